The third kappa shape index (κ3) is 6.25. The second-order valence-corrected chi connectivity index (χ2v) is 15.2. The fourth-order valence-corrected chi connectivity index (χ4v) is 5.58. The molecular weight excluding hydrogens is 441 g/mol. The molecule has 0 saturated heterocycles. The van der Waals surface area contributed by atoms with Crippen molar-refractivity contribution in [3.8, 4) is 6.07 Å². The van der Waals surface area contributed by atoms with Crippen LogP contribution >= 0.6 is 35.0 Å². The van der Waals surface area contributed by atoms with E-state index >= 15 is 0 Å². The van der Waals surface area contributed by atoms with E-state index in [0.717, 1.165) is 27.6 Å². The Morgan fingerprint density at radius 3 is 2.34 bits per heavy atom. The van der Waals surface area contributed by atoms with Gasteiger partial charge in [0.25, 0.3) is 0 Å². The van der Waals surface area contributed by atoms with Crippen molar-refractivity contribution in [2.24, 2.45) is 0 Å². The first-order valence-corrected chi connectivity index (χ1v) is 14.2. The highest BCUT2D eigenvalue weighted by molar-refractivity contribution is 7.99. The van der Waals surface area contributed by atoms with Gasteiger partial charge in [0.15, 0.2) is 8.32 Å². The average molecular weight is 471 g/mol. The molecule has 1 heterocycles. The van der Waals surface area contributed by atoms with Crippen LogP contribution in [0.2, 0.25) is 28.2 Å². The Balaban J connectivity index is 2.28. The number of benzene rings is 1. The SMILES string of the molecule is CCc1c(Sc2cc(Cl)cc(Cl)c2)c(CC#N)nn1CCO[Si](C)(C)C(C)(C)C. The summed E-state index contributed by atoms with van der Waals surface area (Å²) in [6.07, 6.45) is 1.08. The molecule has 0 unspecified atom stereocenters. The molecule has 0 saturated carbocycles. The first-order chi connectivity index (χ1) is 13.5. The lowest BCUT2D eigenvalue weighted by atomic mass is 10.2. The number of halogens is 2. The molecule has 0 N–H and O–H groups in total. The molecule has 0 amide bonds. The maximum Gasteiger partial charge on any atom is 0.192 e. The van der Waals surface area contributed by atoms with Crippen LogP contribution in [0.4, 0.5) is 0 Å². The molecule has 0 radical (unpaired) electrons. The first-order valence-electron chi connectivity index (χ1n) is 9.72. The summed E-state index contributed by atoms with van der Waals surface area (Å²) in [4.78, 5) is 1.95. The fraction of sp³-hybridized carbons (Fsp3) is 0.524. The van der Waals surface area contributed by atoms with Crippen LogP contribution in [0, 0.1) is 11.3 Å². The number of hydrogen-bond donors (Lipinski definition) is 0. The largest absolute Gasteiger partial charge is 0.415 e. The van der Waals surface area contributed by atoms with E-state index in [9.17, 15) is 5.26 Å². The smallest absolute Gasteiger partial charge is 0.192 e. The third-order valence-corrected chi connectivity index (χ3v) is 11.4. The van der Waals surface area contributed by atoms with Gasteiger partial charge in [-0.25, -0.2) is 0 Å². The maximum atomic E-state index is 9.27. The highest BCUT2D eigenvalue weighted by Gasteiger charge is 2.37. The van der Waals surface area contributed by atoms with Gasteiger partial charge in [0.2, 0.25) is 0 Å². The van der Waals surface area contributed by atoms with Gasteiger partial charge in [0.1, 0.15) is 0 Å². The Bertz CT molecular complexity index is 880. The van der Waals surface area contributed by atoms with Crippen LogP contribution in [0.25, 0.3) is 0 Å². The van der Waals surface area contributed by atoms with Crippen LogP contribution in [0.15, 0.2) is 28.0 Å². The van der Waals surface area contributed by atoms with Crippen molar-refractivity contribution in [1.82, 2.24) is 9.78 Å². The monoisotopic (exact) mass is 469 g/mol. The number of rotatable bonds is 8. The molecule has 1 aromatic carbocycles. The minimum Gasteiger partial charge on any atom is -0.415 e. The third-order valence-electron chi connectivity index (χ3n) is 5.29. The zero-order chi connectivity index (χ0) is 21.8. The summed E-state index contributed by atoms with van der Waals surface area (Å²) in [5.74, 6) is 0. The molecule has 0 spiro atoms. The summed E-state index contributed by atoms with van der Waals surface area (Å²) in [7, 11) is -1.81. The second kappa shape index (κ2) is 9.89. The first kappa shape index (κ1) is 24.3. The van der Waals surface area contributed by atoms with Crippen LogP contribution in [-0.2, 0) is 23.8 Å². The van der Waals surface area contributed by atoms with Crippen LogP contribution in [0.3, 0.4) is 0 Å². The molecule has 0 aliphatic rings. The van der Waals surface area contributed by atoms with E-state index < -0.39 is 8.32 Å². The predicted octanol–water partition coefficient (Wildman–Crippen LogP) is 6.99. The van der Waals surface area contributed by atoms with Crippen LogP contribution < -0.4 is 0 Å². The fourth-order valence-electron chi connectivity index (χ4n) is 2.68. The van der Waals surface area contributed by atoms with Gasteiger partial charge in [-0.1, -0.05) is 62.7 Å². The van der Waals surface area contributed by atoms with E-state index in [2.05, 4.69) is 46.9 Å². The van der Waals surface area contributed by atoms with E-state index in [1.165, 1.54) is 0 Å². The number of nitriles is 1. The van der Waals surface area contributed by atoms with Gasteiger partial charge in [0.05, 0.1) is 41.9 Å². The molecule has 0 aliphatic heterocycles. The van der Waals surface area contributed by atoms with Gasteiger partial charge < -0.3 is 4.43 Å². The van der Waals surface area contributed by atoms with Crippen molar-refractivity contribution in [1.29, 1.82) is 5.26 Å². The van der Waals surface area contributed by atoms with Gasteiger partial charge in [-0.15, -0.1) is 0 Å². The van der Waals surface area contributed by atoms with Crippen molar-refractivity contribution in [3.05, 3.63) is 39.6 Å². The van der Waals surface area contributed by atoms with E-state index in [1.807, 2.05) is 16.8 Å². The molecule has 29 heavy (non-hydrogen) atoms. The molecule has 4 nitrogen and oxygen atoms in total. The van der Waals surface area contributed by atoms with Crippen molar-refractivity contribution in [3.63, 3.8) is 0 Å². The Labute approximate surface area is 189 Å². The number of nitrogens with zero attached hydrogens (tertiary/aromatic N) is 3. The van der Waals surface area contributed by atoms with Crippen molar-refractivity contribution < 1.29 is 4.43 Å². The Kier molecular flexibility index (Phi) is 8.29. The Morgan fingerprint density at radius 1 is 1.21 bits per heavy atom. The molecule has 0 bridgehead atoms. The van der Waals surface area contributed by atoms with E-state index in [0.29, 0.717) is 23.2 Å². The lowest BCUT2D eigenvalue weighted by Crippen LogP contribution is -2.41. The lowest BCUT2D eigenvalue weighted by molar-refractivity contribution is 0.264. The van der Waals surface area contributed by atoms with Crippen LogP contribution in [-0.4, -0.2) is 24.7 Å². The van der Waals surface area contributed by atoms with Gasteiger partial charge in [-0.05, 0) is 42.8 Å². The molecule has 0 aliphatic carbocycles. The molecule has 8 heteroatoms. The Morgan fingerprint density at radius 2 is 1.83 bits per heavy atom. The number of aromatic nitrogens is 2. The van der Waals surface area contributed by atoms with Crippen LogP contribution in [0.5, 0.6) is 0 Å². The Hall–Kier alpha value is -0.973. The zero-order valence-electron chi connectivity index (χ0n) is 18.0. The molecule has 1 aromatic heterocycles. The lowest BCUT2D eigenvalue weighted by Gasteiger charge is -2.36. The molecule has 0 fully saturated rings. The molecule has 0 atom stereocenters. The summed E-state index contributed by atoms with van der Waals surface area (Å²) in [5, 5.41) is 15.4. The number of hydrogen-bond acceptors (Lipinski definition) is 4. The van der Waals surface area contributed by atoms with Crippen molar-refractivity contribution in [2.45, 2.75) is 75.0 Å². The quantitative estimate of drug-likeness (QED) is 0.390. The topological polar surface area (TPSA) is 50.8 Å². The molecule has 2 rings (SSSR count). The van der Waals surface area contributed by atoms with Crippen molar-refractivity contribution >= 4 is 43.3 Å². The van der Waals surface area contributed by atoms with Gasteiger partial charge in [-0.2, -0.15) is 10.4 Å². The highest BCUT2D eigenvalue weighted by Crippen LogP contribution is 2.38. The minimum atomic E-state index is -1.81. The average Bonchev–Trinajstić information content (AvgIpc) is 2.89. The van der Waals surface area contributed by atoms with Crippen LogP contribution in [0.1, 0.15) is 39.1 Å². The standard InChI is InChI=1S/C21H29Cl2N3OSSi/c1-7-19-20(28-17-13-15(22)12-16(23)14-17)18(8-9-24)25-26(19)10-11-27-29(5,6)21(2,3)4/h12-14H,7-8,10-11H2,1-6H3. The summed E-state index contributed by atoms with van der Waals surface area (Å²) in [6, 6.07) is 7.71. The summed E-state index contributed by atoms with van der Waals surface area (Å²) in [6.45, 7) is 14.6. The molecular formula is C21H29Cl2N3OSSi. The van der Waals surface area contributed by atoms with E-state index in [4.69, 9.17) is 32.7 Å². The summed E-state index contributed by atoms with van der Waals surface area (Å²) >= 11 is 13.9. The van der Waals surface area contributed by atoms with Gasteiger partial charge in [0, 0.05) is 14.9 Å². The van der Waals surface area contributed by atoms with E-state index in [1.54, 1.807) is 17.8 Å². The molecule has 2 aromatic rings. The zero-order valence-corrected chi connectivity index (χ0v) is 21.3. The molecule has 158 valence electrons. The van der Waals surface area contributed by atoms with Crippen molar-refractivity contribution in [2.75, 3.05) is 6.61 Å². The summed E-state index contributed by atoms with van der Waals surface area (Å²) < 4.78 is 8.32. The maximum absolute atomic E-state index is 9.27. The second-order valence-electron chi connectivity index (χ2n) is 8.45. The van der Waals surface area contributed by atoms with Gasteiger partial charge in [-0.3, -0.25) is 4.68 Å². The summed E-state index contributed by atoms with van der Waals surface area (Å²) in [5.41, 5.74) is 1.90. The normalized spacial score (nSPS) is 12.2. The predicted molar refractivity (Wildman–Crippen MR) is 125 cm³/mol. The minimum absolute atomic E-state index is 0.170. The highest BCUT2D eigenvalue weighted by atomic mass is 35.5. The van der Waals surface area contributed by atoms with Gasteiger partial charge >= 0.3 is 0 Å². The van der Waals surface area contributed by atoms with E-state index in [-0.39, 0.29) is 11.5 Å².